The number of ether oxygens (including phenoxy) is 2. The van der Waals surface area contributed by atoms with E-state index in [0.717, 1.165) is 37.0 Å². The van der Waals surface area contributed by atoms with Gasteiger partial charge in [0, 0.05) is 6.04 Å². The van der Waals surface area contributed by atoms with Crippen LogP contribution in [0.4, 0.5) is 0 Å². The molecule has 1 aromatic heterocycles. The van der Waals surface area contributed by atoms with Crippen LogP contribution in [-0.4, -0.2) is 34.4 Å². The van der Waals surface area contributed by atoms with Crippen molar-refractivity contribution >= 4 is 28.6 Å². The molecule has 1 N–H and O–H groups in total. The molecule has 7 nitrogen and oxygen atoms in total. The lowest BCUT2D eigenvalue weighted by Crippen LogP contribution is -2.30. The molecule has 1 amide bonds. The minimum absolute atomic E-state index is 0.0138. The third kappa shape index (κ3) is 4.57. The maximum atomic E-state index is 13.2. The highest BCUT2D eigenvalue weighted by atomic mass is 32.2. The number of fused-ring (bicyclic) bond motifs is 2. The first-order valence-electron chi connectivity index (χ1n) is 11.4. The topological polar surface area (TPSA) is 82.5 Å². The van der Waals surface area contributed by atoms with Gasteiger partial charge < -0.3 is 14.8 Å². The molecule has 8 heteroatoms. The van der Waals surface area contributed by atoms with Crippen LogP contribution in [0.2, 0.25) is 0 Å². The predicted molar refractivity (Wildman–Crippen MR) is 128 cm³/mol. The molecule has 0 radical (unpaired) electrons. The van der Waals surface area contributed by atoms with Crippen LogP contribution in [-0.2, 0) is 4.79 Å². The van der Waals surface area contributed by atoms with Crippen molar-refractivity contribution in [1.29, 1.82) is 0 Å². The van der Waals surface area contributed by atoms with Gasteiger partial charge in [-0.05, 0) is 49.6 Å². The van der Waals surface area contributed by atoms with Gasteiger partial charge in [0.25, 0.3) is 5.56 Å². The Bertz CT molecular complexity index is 1240. The maximum absolute atomic E-state index is 13.2. The average Bonchev–Trinajstić information content (AvgIpc) is 3.37. The third-order valence-electron chi connectivity index (χ3n) is 6.24. The van der Waals surface area contributed by atoms with Crippen molar-refractivity contribution in [3.8, 4) is 11.5 Å². The van der Waals surface area contributed by atoms with Gasteiger partial charge in [-0.15, -0.1) is 0 Å². The van der Waals surface area contributed by atoms with Gasteiger partial charge in [0.2, 0.25) is 5.91 Å². The van der Waals surface area contributed by atoms with Crippen LogP contribution in [0.3, 0.4) is 0 Å². The molecular weight excluding hydrogens is 438 g/mol. The monoisotopic (exact) mass is 465 g/mol. The molecule has 1 saturated carbocycles. The second kappa shape index (κ2) is 9.47. The van der Waals surface area contributed by atoms with E-state index in [1.807, 2.05) is 54.0 Å². The number of rotatable bonds is 6. The van der Waals surface area contributed by atoms with Crippen LogP contribution >= 0.6 is 11.8 Å². The number of benzene rings is 2. The highest BCUT2D eigenvalue weighted by Gasteiger charge is 2.24. The van der Waals surface area contributed by atoms with Gasteiger partial charge in [0.1, 0.15) is 13.2 Å². The fourth-order valence-electron chi connectivity index (χ4n) is 4.54. The average molecular weight is 466 g/mol. The van der Waals surface area contributed by atoms with Crippen molar-refractivity contribution in [2.45, 2.75) is 49.8 Å². The molecule has 2 aliphatic rings. The number of aromatic nitrogens is 2. The van der Waals surface area contributed by atoms with E-state index in [9.17, 15) is 9.59 Å². The Morgan fingerprint density at radius 2 is 1.91 bits per heavy atom. The van der Waals surface area contributed by atoms with Gasteiger partial charge >= 0.3 is 0 Å². The highest BCUT2D eigenvalue weighted by molar-refractivity contribution is 7.99. The summed E-state index contributed by atoms with van der Waals surface area (Å²) in [4.78, 5) is 30.8. The number of nitrogens with one attached hydrogen (secondary N) is 1. The SMILES string of the molecule is CC(NC(=O)CSc1nc2ccccc2c(=O)n1C1CCCC1)c1ccc2c(c1)OCCO2. The summed E-state index contributed by atoms with van der Waals surface area (Å²) >= 11 is 1.33. The van der Waals surface area contributed by atoms with Crippen molar-refractivity contribution < 1.29 is 14.3 Å². The van der Waals surface area contributed by atoms with Gasteiger partial charge in [-0.3, -0.25) is 14.2 Å². The fourth-order valence-corrected chi connectivity index (χ4v) is 5.42. The van der Waals surface area contributed by atoms with E-state index in [2.05, 4.69) is 5.32 Å². The number of thioether (sulfide) groups is 1. The van der Waals surface area contributed by atoms with Gasteiger partial charge in [0.05, 0.1) is 22.7 Å². The van der Waals surface area contributed by atoms with E-state index in [0.29, 0.717) is 35.0 Å². The number of carbonyl (C=O) groups is 1. The van der Waals surface area contributed by atoms with Crippen molar-refractivity contribution in [3.63, 3.8) is 0 Å². The van der Waals surface area contributed by atoms with E-state index < -0.39 is 0 Å². The lowest BCUT2D eigenvalue weighted by Gasteiger charge is -2.21. The van der Waals surface area contributed by atoms with Gasteiger partial charge in [-0.1, -0.05) is 42.8 Å². The fraction of sp³-hybridized carbons (Fsp3) is 0.400. The van der Waals surface area contributed by atoms with Crippen molar-refractivity contribution in [3.05, 3.63) is 58.4 Å². The van der Waals surface area contributed by atoms with Crippen LogP contribution < -0.4 is 20.3 Å². The number of nitrogens with zero attached hydrogens (tertiary/aromatic N) is 2. The summed E-state index contributed by atoms with van der Waals surface area (Å²) in [6.07, 6.45) is 4.17. The van der Waals surface area contributed by atoms with Crippen molar-refractivity contribution in [2.75, 3.05) is 19.0 Å². The minimum atomic E-state index is -0.185. The molecule has 1 unspecified atom stereocenters. The number of amides is 1. The van der Waals surface area contributed by atoms with Crippen LogP contribution in [0, 0.1) is 0 Å². The molecule has 3 aromatic rings. The molecule has 0 saturated heterocycles. The van der Waals surface area contributed by atoms with E-state index in [1.165, 1.54) is 11.8 Å². The summed E-state index contributed by atoms with van der Waals surface area (Å²) in [5.74, 6) is 1.51. The van der Waals surface area contributed by atoms with E-state index in [-0.39, 0.29) is 29.3 Å². The molecule has 5 rings (SSSR count). The summed E-state index contributed by atoms with van der Waals surface area (Å²) in [6.45, 7) is 3.01. The Kier molecular flexibility index (Phi) is 6.26. The van der Waals surface area contributed by atoms with Gasteiger partial charge in [0.15, 0.2) is 16.7 Å². The van der Waals surface area contributed by atoms with Gasteiger partial charge in [-0.25, -0.2) is 4.98 Å². The standard InChI is InChI=1S/C25H27N3O4S/c1-16(17-10-11-21-22(14-17)32-13-12-31-21)26-23(29)15-33-25-27-20-9-5-4-8-19(20)24(30)28(25)18-6-2-3-7-18/h4-5,8-11,14,16,18H,2-3,6-7,12-13,15H2,1H3,(H,26,29). The van der Waals surface area contributed by atoms with E-state index in [4.69, 9.17) is 14.5 Å². The zero-order valence-electron chi connectivity index (χ0n) is 18.6. The zero-order valence-corrected chi connectivity index (χ0v) is 19.4. The zero-order chi connectivity index (χ0) is 22.8. The quantitative estimate of drug-likeness (QED) is 0.433. The summed E-state index contributed by atoms with van der Waals surface area (Å²) in [6, 6.07) is 13.1. The van der Waals surface area contributed by atoms with Crippen LogP contribution in [0.25, 0.3) is 10.9 Å². The lowest BCUT2D eigenvalue weighted by molar-refractivity contribution is -0.119. The summed E-state index contributed by atoms with van der Waals surface area (Å²) < 4.78 is 13.0. The minimum Gasteiger partial charge on any atom is -0.486 e. The van der Waals surface area contributed by atoms with E-state index >= 15 is 0 Å². The largest absolute Gasteiger partial charge is 0.486 e. The number of hydrogen-bond acceptors (Lipinski definition) is 6. The van der Waals surface area contributed by atoms with Crippen molar-refractivity contribution in [1.82, 2.24) is 14.9 Å². The van der Waals surface area contributed by atoms with E-state index in [1.54, 1.807) is 0 Å². The second-order valence-electron chi connectivity index (χ2n) is 8.51. The number of para-hydroxylation sites is 1. The summed E-state index contributed by atoms with van der Waals surface area (Å²) in [5, 5.41) is 4.29. The molecule has 2 heterocycles. The Labute approximate surface area is 196 Å². The molecule has 33 heavy (non-hydrogen) atoms. The van der Waals surface area contributed by atoms with Crippen molar-refractivity contribution in [2.24, 2.45) is 0 Å². The summed E-state index contributed by atoms with van der Waals surface area (Å²) in [7, 11) is 0. The predicted octanol–water partition coefficient (Wildman–Crippen LogP) is 4.25. The van der Waals surface area contributed by atoms with Gasteiger partial charge in [-0.2, -0.15) is 0 Å². The molecule has 1 aliphatic carbocycles. The smallest absolute Gasteiger partial charge is 0.262 e. The first kappa shape index (κ1) is 21.8. The molecule has 1 atom stereocenters. The van der Waals surface area contributed by atoms with Crippen LogP contribution in [0.15, 0.2) is 52.4 Å². The normalized spacial score (nSPS) is 16.6. The third-order valence-corrected chi connectivity index (χ3v) is 7.19. The molecule has 1 aliphatic heterocycles. The second-order valence-corrected chi connectivity index (χ2v) is 9.45. The molecular formula is C25H27N3O4S. The number of hydrogen-bond donors (Lipinski definition) is 1. The molecule has 0 spiro atoms. The molecule has 1 fully saturated rings. The van der Waals surface area contributed by atoms with Crippen LogP contribution in [0.5, 0.6) is 11.5 Å². The molecule has 2 aromatic carbocycles. The maximum Gasteiger partial charge on any atom is 0.262 e. The molecule has 0 bridgehead atoms. The Morgan fingerprint density at radius 3 is 2.73 bits per heavy atom. The highest BCUT2D eigenvalue weighted by Crippen LogP contribution is 2.33. The Balaban J connectivity index is 1.31. The lowest BCUT2D eigenvalue weighted by atomic mass is 10.1. The number of carbonyl (C=O) groups excluding carboxylic acids is 1. The first-order chi connectivity index (χ1) is 16.1. The Hall–Kier alpha value is -3.00. The molecule has 172 valence electrons. The summed E-state index contributed by atoms with van der Waals surface area (Å²) in [5.41, 5.74) is 1.61. The first-order valence-corrected chi connectivity index (χ1v) is 12.4. The Morgan fingerprint density at radius 1 is 1.15 bits per heavy atom. The van der Waals surface area contributed by atoms with Crippen LogP contribution in [0.1, 0.15) is 50.3 Å².